The standard InChI is InChI=1S/C15H22N2O4S/c1-11(2)10-16-15(19)8-9-17-22(20,21)14-6-4-13(5-7-14)12(3)18/h4-7,11,17H,8-10H2,1-3H3,(H,16,19). The number of Topliss-reactive ketones (excluding diaryl/α,β-unsaturated/α-hetero) is 1. The van der Waals surface area contributed by atoms with E-state index in [0.717, 1.165) is 0 Å². The molecule has 1 aromatic carbocycles. The van der Waals surface area contributed by atoms with Crippen molar-refractivity contribution in [3.63, 3.8) is 0 Å². The van der Waals surface area contributed by atoms with Crippen LogP contribution in [0.15, 0.2) is 29.2 Å². The molecule has 0 spiro atoms. The summed E-state index contributed by atoms with van der Waals surface area (Å²) in [4.78, 5) is 22.7. The zero-order valence-electron chi connectivity index (χ0n) is 13.0. The maximum absolute atomic E-state index is 12.0. The molecule has 0 atom stereocenters. The Labute approximate surface area is 131 Å². The van der Waals surface area contributed by atoms with Crippen LogP contribution in [0, 0.1) is 5.92 Å². The Kier molecular flexibility index (Phi) is 6.70. The minimum Gasteiger partial charge on any atom is -0.356 e. The molecule has 0 fully saturated rings. The van der Waals surface area contributed by atoms with E-state index in [1.54, 1.807) is 0 Å². The van der Waals surface area contributed by atoms with E-state index in [1.165, 1.54) is 31.2 Å². The second-order valence-electron chi connectivity index (χ2n) is 5.43. The molecule has 0 saturated heterocycles. The van der Waals surface area contributed by atoms with Gasteiger partial charge in [0.25, 0.3) is 0 Å². The van der Waals surface area contributed by atoms with Crippen LogP contribution in [0.4, 0.5) is 0 Å². The number of sulfonamides is 1. The summed E-state index contributed by atoms with van der Waals surface area (Å²) in [7, 11) is -3.67. The summed E-state index contributed by atoms with van der Waals surface area (Å²) in [6.07, 6.45) is 0.0808. The minimum atomic E-state index is -3.67. The molecule has 2 N–H and O–H groups in total. The molecule has 22 heavy (non-hydrogen) atoms. The first-order valence-corrected chi connectivity index (χ1v) is 8.58. The Morgan fingerprint density at radius 2 is 1.73 bits per heavy atom. The molecule has 122 valence electrons. The fourth-order valence-corrected chi connectivity index (χ4v) is 2.69. The summed E-state index contributed by atoms with van der Waals surface area (Å²) in [6, 6.07) is 5.67. The van der Waals surface area contributed by atoms with Crippen LogP contribution in [0.5, 0.6) is 0 Å². The summed E-state index contributed by atoms with van der Waals surface area (Å²) in [5.74, 6) is 0.0301. The van der Waals surface area contributed by atoms with Gasteiger partial charge in [0.15, 0.2) is 5.78 Å². The number of nitrogens with one attached hydrogen (secondary N) is 2. The van der Waals surface area contributed by atoms with Gasteiger partial charge in [0, 0.05) is 25.1 Å². The van der Waals surface area contributed by atoms with Gasteiger partial charge in [-0.25, -0.2) is 13.1 Å². The first-order chi connectivity index (χ1) is 10.2. The van der Waals surface area contributed by atoms with Crippen molar-refractivity contribution in [3.8, 4) is 0 Å². The third-order valence-corrected chi connectivity index (χ3v) is 4.40. The molecule has 0 saturated carbocycles. The van der Waals surface area contributed by atoms with E-state index >= 15 is 0 Å². The molecule has 1 aromatic rings. The monoisotopic (exact) mass is 326 g/mol. The van der Waals surface area contributed by atoms with Crippen molar-refractivity contribution >= 4 is 21.7 Å². The van der Waals surface area contributed by atoms with Gasteiger partial charge in [0.1, 0.15) is 0 Å². The number of ketones is 1. The average molecular weight is 326 g/mol. The van der Waals surface area contributed by atoms with Gasteiger partial charge in [-0.15, -0.1) is 0 Å². The molecule has 0 bridgehead atoms. The van der Waals surface area contributed by atoms with Gasteiger partial charge in [-0.2, -0.15) is 0 Å². The van der Waals surface area contributed by atoms with Crippen LogP contribution in [0.25, 0.3) is 0 Å². The lowest BCUT2D eigenvalue weighted by atomic mass is 10.2. The predicted octanol–water partition coefficient (Wildman–Crippen LogP) is 1.33. The van der Waals surface area contributed by atoms with Crippen LogP contribution in [-0.4, -0.2) is 33.2 Å². The fourth-order valence-electron chi connectivity index (χ4n) is 1.66. The first-order valence-electron chi connectivity index (χ1n) is 7.09. The third-order valence-electron chi connectivity index (χ3n) is 2.92. The number of hydrogen-bond donors (Lipinski definition) is 2. The zero-order chi connectivity index (χ0) is 16.8. The van der Waals surface area contributed by atoms with Gasteiger partial charge < -0.3 is 5.32 Å². The van der Waals surface area contributed by atoms with Gasteiger partial charge in [0.05, 0.1) is 4.90 Å². The van der Waals surface area contributed by atoms with Crippen molar-refractivity contribution in [3.05, 3.63) is 29.8 Å². The maximum atomic E-state index is 12.0. The minimum absolute atomic E-state index is 0.0285. The Bertz CT molecular complexity index is 621. The van der Waals surface area contributed by atoms with Crippen LogP contribution in [0.2, 0.25) is 0 Å². The Morgan fingerprint density at radius 1 is 1.14 bits per heavy atom. The summed E-state index contributed by atoms with van der Waals surface area (Å²) < 4.78 is 26.4. The predicted molar refractivity (Wildman–Crippen MR) is 84.1 cm³/mol. The molecule has 0 aliphatic heterocycles. The highest BCUT2D eigenvalue weighted by Crippen LogP contribution is 2.10. The first kappa shape index (κ1) is 18.3. The molecule has 6 nitrogen and oxygen atoms in total. The number of amides is 1. The van der Waals surface area contributed by atoms with E-state index in [0.29, 0.717) is 18.0 Å². The molecule has 0 unspecified atom stereocenters. The molecule has 1 rings (SSSR count). The van der Waals surface area contributed by atoms with Crippen molar-refractivity contribution in [1.82, 2.24) is 10.0 Å². The molecular weight excluding hydrogens is 304 g/mol. The van der Waals surface area contributed by atoms with Crippen LogP contribution in [-0.2, 0) is 14.8 Å². The van der Waals surface area contributed by atoms with Crippen LogP contribution < -0.4 is 10.0 Å². The van der Waals surface area contributed by atoms with Crippen molar-refractivity contribution in [2.75, 3.05) is 13.1 Å². The van der Waals surface area contributed by atoms with Gasteiger partial charge >= 0.3 is 0 Å². The largest absolute Gasteiger partial charge is 0.356 e. The molecule has 7 heteroatoms. The molecule has 0 radical (unpaired) electrons. The summed E-state index contributed by atoms with van der Waals surface area (Å²) in [5, 5.41) is 2.72. The summed E-state index contributed by atoms with van der Waals surface area (Å²) >= 11 is 0. The van der Waals surface area contributed by atoms with E-state index < -0.39 is 10.0 Å². The lowest BCUT2D eigenvalue weighted by Crippen LogP contribution is -2.32. The van der Waals surface area contributed by atoms with Crippen molar-refractivity contribution < 1.29 is 18.0 Å². The number of benzene rings is 1. The van der Waals surface area contributed by atoms with Crippen molar-refractivity contribution in [1.29, 1.82) is 0 Å². The molecule has 0 heterocycles. The number of rotatable bonds is 8. The van der Waals surface area contributed by atoms with Gasteiger partial charge in [-0.3, -0.25) is 9.59 Å². The summed E-state index contributed by atoms with van der Waals surface area (Å²) in [5.41, 5.74) is 0.451. The van der Waals surface area contributed by atoms with Gasteiger partial charge in [0.2, 0.25) is 15.9 Å². The number of hydrogen-bond acceptors (Lipinski definition) is 4. The molecule has 0 aliphatic rings. The van der Waals surface area contributed by atoms with Gasteiger partial charge in [-0.1, -0.05) is 26.0 Å². The topological polar surface area (TPSA) is 92.3 Å². The summed E-state index contributed by atoms with van der Waals surface area (Å²) in [6.45, 7) is 5.97. The molecule has 0 aliphatic carbocycles. The lowest BCUT2D eigenvalue weighted by Gasteiger charge is -2.09. The number of carbonyl (C=O) groups is 2. The SMILES string of the molecule is CC(=O)c1ccc(S(=O)(=O)NCCC(=O)NCC(C)C)cc1. The highest BCUT2D eigenvalue weighted by molar-refractivity contribution is 7.89. The second kappa shape index (κ2) is 8.05. The third kappa shape index (κ3) is 5.95. The quantitative estimate of drug-likeness (QED) is 0.705. The Balaban J connectivity index is 2.53. The van der Waals surface area contributed by atoms with Crippen molar-refractivity contribution in [2.45, 2.75) is 32.1 Å². The lowest BCUT2D eigenvalue weighted by molar-refractivity contribution is -0.121. The Morgan fingerprint density at radius 3 is 2.23 bits per heavy atom. The highest BCUT2D eigenvalue weighted by atomic mass is 32.2. The van der Waals surface area contributed by atoms with Crippen LogP contribution in [0.1, 0.15) is 37.6 Å². The average Bonchev–Trinajstić information content (AvgIpc) is 2.45. The Hall–Kier alpha value is -1.73. The van der Waals surface area contributed by atoms with Crippen LogP contribution in [0.3, 0.4) is 0 Å². The maximum Gasteiger partial charge on any atom is 0.240 e. The van der Waals surface area contributed by atoms with Crippen LogP contribution >= 0.6 is 0 Å². The van der Waals surface area contributed by atoms with E-state index in [1.807, 2.05) is 13.8 Å². The fraction of sp³-hybridized carbons (Fsp3) is 0.467. The smallest absolute Gasteiger partial charge is 0.240 e. The normalized spacial score (nSPS) is 11.5. The second-order valence-corrected chi connectivity index (χ2v) is 7.19. The van der Waals surface area contributed by atoms with E-state index in [2.05, 4.69) is 10.0 Å². The van der Waals surface area contributed by atoms with E-state index in [-0.39, 0.29) is 29.6 Å². The highest BCUT2D eigenvalue weighted by Gasteiger charge is 2.14. The number of carbonyl (C=O) groups excluding carboxylic acids is 2. The molecular formula is C15H22N2O4S. The van der Waals surface area contributed by atoms with E-state index in [9.17, 15) is 18.0 Å². The molecule has 0 aromatic heterocycles. The van der Waals surface area contributed by atoms with Gasteiger partial charge in [-0.05, 0) is 25.0 Å². The zero-order valence-corrected chi connectivity index (χ0v) is 13.9. The van der Waals surface area contributed by atoms with E-state index in [4.69, 9.17) is 0 Å². The molecule has 1 amide bonds. The van der Waals surface area contributed by atoms with Crippen molar-refractivity contribution in [2.24, 2.45) is 5.92 Å².